The smallest absolute Gasteiger partial charge is 0.292 e. The number of carbonyl (C=O) groups is 2. The fourth-order valence-corrected chi connectivity index (χ4v) is 7.56. The highest BCUT2D eigenvalue weighted by molar-refractivity contribution is 8.01. The lowest BCUT2D eigenvalue weighted by atomic mass is 9.87. The van der Waals surface area contributed by atoms with Crippen molar-refractivity contribution in [2.45, 2.75) is 35.7 Å². The van der Waals surface area contributed by atoms with Crippen molar-refractivity contribution in [3.63, 3.8) is 0 Å². The number of aromatic nitrogens is 4. The normalized spacial score (nSPS) is 11.4. The second-order valence-electron chi connectivity index (χ2n) is 11.9. The van der Waals surface area contributed by atoms with Crippen LogP contribution in [0.25, 0.3) is 27.3 Å². The Morgan fingerprint density at radius 1 is 0.857 bits per heavy atom. The summed E-state index contributed by atoms with van der Waals surface area (Å²) >= 11 is 3.93. The number of hydrogen-bond acceptors (Lipinski definition) is 10. The molecule has 0 radical (unpaired) electrons. The molecule has 0 unspecified atom stereocenters. The van der Waals surface area contributed by atoms with Gasteiger partial charge in [0, 0.05) is 23.0 Å². The van der Waals surface area contributed by atoms with Crippen LogP contribution in [0, 0.1) is 10.1 Å². The number of benzene rings is 4. The Kier molecular flexibility index (Phi) is 10.1. The average Bonchev–Trinajstić information content (AvgIpc) is 3.70. The third-order valence-electron chi connectivity index (χ3n) is 7.34. The zero-order chi connectivity index (χ0) is 34.5. The van der Waals surface area contributed by atoms with Crippen LogP contribution >= 0.6 is 34.9 Å². The van der Waals surface area contributed by atoms with Gasteiger partial charge in [-0.25, -0.2) is 4.98 Å². The summed E-state index contributed by atoms with van der Waals surface area (Å²) in [7, 11) is 0. The number of rotatable bonds is 11. The Hall–Kier alpha value is -5.05. The van der Waals surface area contributed by atoms with Crippen LogP contribution in [0.3, 0.4) is 0 Å². The van der Waals surface area contributed by atoms with Crippen LogP contribution < -0.4 is 10.6 Å². The first-order valence-corrected chi connectivity index (χ1v) is 17.9. The van der Waals surface area contributed by atoms with Gasteiger partial charge in [-0.1, -0.05) is 98.9 Å². The molecule has 0 saturated carbocycles. The number of fused-ring (bicyclic) bond motifs is 1. The van der Waals surface area contributed by atoms with Crippen LogP contribution in [0.15, 0.2) is 107 Å². The van der Waals surface area contributed by atoms with Crippen molar-refractivity contribution in [1.29, 1.82) is 0 Å². The van der Waals surface area contributed by atoms with Gasteiger partial charge >= 0.3 is 0 Å². The molecule has 0 saturated heterocycles. The predicted molar refractivity (Wildman–Crippen MR) is 197 cm³/mol. The molecule has 0 fully saturated rings. The van der Waals surface area contributed by atoms with Gasteiger partial charge in [0.2, 0.25) is 11.8 Å². The molecule has 0 aliphatic heterocycles. The lowest BCUT2D eigenvalue weighted by Gasteiger charge is -2.19. The van der Waals surface area contributed by atoms with Crippen molar-refractivity contribution >= 4 is 74.0 Å². The standard InChI is InChI=1S/C35H31N7O4S3/c1-35(2,3)23-15-13-22(14-16-23)32-39-40-33(41(32)25-9-5-4-6-10-25)47-20-30(43)36-24-17-18-27-29(19-24)49-34(38-27)48-21-31(44)37-26-11-7-8-12-28(26)42(45)46/h4-19H,20-21H2,1-3H3,(H,36,43)(H,37,44). The van der Waals surface area contributed by atoms with Gasteiger partial charge < -0.3 is 10.6 Å². The second-order valence-corrected chi connectivity index (χ2v) is 15.1. The molecule has 0 aliphatic carbocycles. The van der Waals surface area contributed by atoms with Crippen LogP contribution in [-0.4, -0.2) is 48.0 Å². The fraction of sp³-hybridized carbons (Fsp3) is 0.171. The van der Waals surface area contributed by atoms with E-state index in [1.54, 1.807) is 18.2 Å². The minimum Gasteiger partial charge on any atom is -0.325 e. The number of thioether (sulfide) groups is 2. The zero-order valence-corrected chi connectivity index (χ0v) is 29.2. The van der Waals surface area contributed by atoms with E-state index >= 15 is 0 Å². The van der Waals surface area contributed by atoms with E-state index in [1.165, 1.54) is 52.6 Å². The highest BCUT2D eigenvalue weighted by atomic mass is 32.2. The molecule has 0 atom stereocenters. The summed E-state index contributed by atoms with van der Waals surface area (Å²) in [6.45, 7) is 6.53. The number of nitrogens with zero attached hydrogens (tertiary/aromatic N) is 5. The molecule has 2 heterocycles. The molecule has 49 heavy (non-hydrogen) atoms. The molecule has 2 amide bonds. The molecule has 2 aromatic heterocycles. The van der Waals surface area contributed by atoms with E-state index in [-0.39, 0.29) is 40.1 Å². The van der Waals surface area contributed by atoms with E-state index in [4.69, 9.17) is 0 Å². The number of amides is 2. The molecule has 248 valence electrons. The van der Waals surface area contributed by atoms with Crippen molar-refractivity contribution in [2.24, 2.45) is 0 Å². The zero-order valence-electron chi connectivity index (χ0n) is 26.7. The lowest BCUT2D eigenvalue weighted by Crippen LogP contribution is -2.15. The lowest BCUT2D eigenvalue weighted by molar-refractivity contribution is -0.383. The summed E-state index contributed by atoms with van der Waals surface area (Å²) in [6, 6.07) is 29.6. The quantitative estimate of drug-likeness (QED) is 0.0772. The van der Waals surface area contributed by atoms with Gasteiger partial charge in [0.1, 0.15) is 5.69 Å². The maximum atomic E-state index is 13.1. The molecule has 6 rings (SSSR count). The SMILES string of the molecule is CC(C)(C)c1ccc(-c2nnc(SCC(=O)Nc3ccc4nc(SCC(=O)Nc5ccccc5[N+](=O)[O-])sc4c3)n2-c2ccccc2)cc1. The number of nitro benzene ring substituents is 1. The van der Waals surface area contributed by atoms with Gasteiger partial charge in [0.05, 0.1) is 26.6 Å². The number of anilines is 2. The molecular weight excluding hydrogens is 679 g/mol. The van der Waals surface area contributed by atoms with Crippen molar-refractivity contribution in [3.05, 3.63) is 113 Å². The number of para-hydroxylation sites is 3. The highest BCUT2D eigenvalue weighted by Crippen LogP contribution is 2.33. The van der Waals surface area contributed by atoms with E-state index in [9.17, 15) is 19.7 Å². The van der Waals surface area contributed by atoms with Gasteiger partial charge in [-0.2, -0.15) is 0 Å². The summed E-state index contributed by atoms with van der Waals surface area (Å²) in [5.41, 5.74) is 4.41. The van der Waals surface area contributed by atoms with Crippen molar-refractivity contribution in [3.8, 4) is 17.1 Å². The maximum absolute atomic E-state index is 13.1. The molecule has 4 aromatic carbocycles. The minimum absolute atomic E-state index is 0.0291. The topological polar surface area (TPSA) is 145 Å². The number of nitro groups is 1. The molecular formula is C35H31N7O4S3. The Labute approximate surface area is 294 Å². The summed E-state index contributed by atoms with van der Waals surface area (Å²) in [6.07, 6.45) is 0. The molecule has 6 aromatic rings. The van der Waals surface area contributed by atoms with Gasteiger partial charge in [0.25, 0.3) is 5.69 Å². The first-order valence-electron chi connectivity index (χ1n) is 15.2. The summed E-state index contributed by atoms with van der Waals surface area (Å²) in [5, 5.41) is 26.4. The summed E-state index contributed by atoms with van der Waals surface area (Å²) < 4.78 is 3.47. The van der Waals surface area contributed by atoms with Gasteiger partial charge in [0.15, 0.2) is 15.3 Å². The Morgan fingerprint density at radius 3 is 2.29 bits per heavy atom. The van der Waals surface area contributed by atoms with Gasteiger partial charge in [-0.3, -0.25) is 24.3 Å². The first kappa shape index (κ1) is 33.8. The van der Waals surface area contributed by atoms with Gasteiger partial charge in [-0.05, 0) is 47.4 Å². The Balaban J connectivity index is 1.10. The molecule has 0 aliphatic rings. The third-order valence-corrected chi connectivity index (χ3v) is 10.4. The number of nitrogens with one attached hydrogen (secondary N) is 2. The van der Waals surface area contributed by atoms with E-state index in [0.29, 0.717) is 21.0 Å². The second kappa shape index (κ2) is 14.6. The van der Waals surface area contributed by atoms with Crippen LogP contribution in [0.2, 0.25) is 0 Å². The molecule has 11 nitrogen and oxygen atoms in total. The van der Waals surface area contributed by atoms with Crippen LogP contribution in [0.4, 0.5) is 17.1 Å². The largest absolute Gasteiger partial charge is 0.325 e. The first-order chi connectivity index (χ1) is 23.5. The van der Waals surface area contributed by atoms with E-state index in [0.717, 1.165) is 21.5 Å². The maximum Gasteiger partial charge on any atom is 0.292 e. The number of hydrogen-bond donors (Lipinski definition) is 2. The predicted octanol–water partition coefficient (Wildman–Crippen LogP) is 8.21. The molecule has 2 N–H and O–H groups in total. The van der Waals surface area contributed by atoms with E-state index in [2.05, 4.69) is 70.9 Å². The Bertz CT molecular complexity index is 2140. The van der Waals surface area contributed by atoms with Crippen LogP contribution in [-0.2, 0) is 15.0 Å². The van der Waals surface area contributed by atoms with E-state index in [1.807, 2.05) is 47.0 Å². The van der Waals surface area contributed by atoms with Crippen molar-refractivity contribution < 1.29 is 14.5 Å². The van der Waals surface area contributed by atoms with Crippen LogP contribution in [0.1, 0.15) is 26.3 Å². The summed E-state index contributed by atoms with van der Waals surface area (Å²) in [4.78, 5) is 40.9. The van der Waals surface area contributed by atoms with E-state index < -0.39 is 4.92 Å². The molecule has 14 heteroatoms. The van der Waals surface area contributed by atoms with Gasteiger partial charge in [-0.15, -0.1) is 21.5 Å². The van der Waals surface area contributed by atoms with Crippen molar-refractivity contribution in [2.75, 3.05) is 22.1 Å². The number of carbonyl (C=O) groups excluding carboxylic acids is 2. The average molecular weight is 710 g/mol. The summed E-state index contributed by atoms with van der Waals surface area (Å²) in [5.74, 6) is 0.263. The monoisotopic (exact) mass is 709 g/mol. The van der Waals surface area contributed by atoms with Crippen LogP contribution in [0.5, 0.6) is 0 Å². The fourth-order valence-electron chi connectivity index (χ4n) is 4.90. The minimum atomic E-state index is -0.536. The molecule has 0 bridgehead atoms. The number of thiazole rings is 1. The van der Waals surface area contributed by atoms with Crippen molar-refractivity contribution in [1.82, 2.24) is 19.7 Å². The highest BCUT2D eigenvalue weighted by Gasteiger charge is 2.20. The third kappa shape index (κ3) is 8.16. The molecule has 0 spiro atoms. The Morgan fingerprint density at radius 2 is 1.55 bits per heavy atom.